The van der Waals surface area contributed by atoms with Crippen LogP contribution in [0.15, 0.2) is 23.7 Å². The fourth-order valence-electron chi connectivity index (χ4n) is 2.18. The zero-order valence-corrected chi connectivity index (χ0v) is 16.3. The number of amides is 1. The van der Waals surface area contributed by atoms with Gasteiger partial charge in [0.2, 0.25) is 5.91 Å². The predicted molar refractivity (Wildman–Crippen MR) is 106 cm³/mol. The number of fused-ring (bicyclic) bond motifs is 1. The van der Waals surface area contributed by atoms with Crippen molar-refractivity contribution in [2.45, 2.75) is 13.0 Å². The van der Waals surface area contributed by atoms with E-state index in [0.717, 1.165) is 31.5 Å². The Labute approximate surface area is 159 Å². The molecule has 0 saturated heterocycles. The monoisotopic (exact) mass is 389 g/mol. The minimum Gasteiger partial charge on any atom is -0.349 e. The van der Waals surface area contributed by atoms with Gasteiger partial charge in [-0.05, 0) is 13.1 Å². The van der Waals surface area contributed by atoms with Crippen LogP contribution in [0.4, 0.5) is 5.82 Å². The molecule has 26 heavy (non-hydrogen) atoms. The van der Waals surface area contributed by atoms with Gasteiger partial charge in [-0.15, -0.1) is 22.7 Å². The van der Waals surface area contributed by atoms with Crippen molar-refractivity contribution in [2.75, 3.05) is 26.6 Å². The van der Waals surface area contributed by atoms with E-state index in [1.165, 1.54) is 17.7 Å². The summed E-state index contributed by atoms with van der Waals surface area (Å²) in [5.74, 6) is 0.663. The Morgan fingerprint density at radius 3 is 2.88 bits per heavy atom. The third-order valence-electron chi connectivity index (χ3n) is 3.47. The van der Waals surface area contributed by atoms with E-state index in [-0.39, 0.29) is 5.91 Å². The zero-order valence-electron chi connectivity index (χ0n) is 14.7. The van der Waals surface area contributed by atoms with E-state index in [1.807, 2.05) is 19.3 Å². The molecule has 0 aliphatic rings. The molecule has 136 valence electrons. The average molecular weight is 390 g/mol. The quantitative estimate of drug-likeness (QED) is 0.474. The summed E-state index contributed by atoms with van der Waals surface area (Å²) in [5, 5.41) is 8.98. The van der Waals surface area contributed by atoms with Crippen LogP contribution in [-0.2, 0) is 17.8 Å². The number of anilines is 1. The maximum absolute atomic E-state index is 11.9. The summed E-state index contributed by atoms with van der Waals surface area (Å²) >= 11 is 3.06. The van der Waals surface area contributed by atoms with Crippen LogP contribution in [0.2, 0.25) is 0 Å². The molecular weight excluding hydrogens is 370 g/mol. The first-order chi connectivity index (χ1) is 12.6. The summed E-state index contributed by atoms with van der Waals surface area (Å²) in [6, 6.07) is 1.94. The summed E-state index contributed by atoms with van der Waals surface area (Å²) in [5.41, 5.74) is 2.95. The van der Waals surface area contributed by atoms with Gasteiger partial charge in [0.05, 0.1) is 18.0 Å². The smallest absolute Gasteiger partial charge is 0.227 e. The Kier molecular flexibility index (Phi) is 5.86. The Hall–Kier alpha value is -2.43. The SMILES string of the molecule is CNCc1cnc(C=NNc2ncnc3sc(CC(=O)N(C)C)cc23)s1. The summed E-state index contributed by atoms with van der Waals surface area (Å²) in [6.45, 7) is 0.787. The van der Waals surface area contributed by atoms with E-state index in [1.54, 1.807) is 36.5 Å². The molecule has 0 atom stereocenters. The van der Waals surface area contributed by atoms with E-state index < -0.39 is 0 Å². The van der Waals surface area contributed by atoms with Gasteiger partial charge in [0, 0.05) is 36.6 Å². The van der Waals surface area contributed by atoms with Crippen molar-refractivity contribution in [1.82, 2.24) is 25.2 Å². The van der Waals surface area contributed by atoms with Gasteiger partial charge in [0.25, 0.3) is 0 Å². The maximum atomic E-state index is 11.9. The van der Waals surface area contributed by atoms with Crippen LogP contribution in [0, 0.1) is 0 Å². The highest BCUT2D eigenvalue weighted by molar-refractivity contribution is 7.18. The molecule has 10 heteroatoms. The van der Waals surface area contributed by atoms with Crippen LogP contribution >= 0.6 is 22.7 Å². The molecule has 0 aliphatic heterocycles. The van der Waals surface area contributed by atoms with Crippen LogP contribution in [-0.4, -0.2) is 53.1 Å². The summed E-state index contributed by atoms with van der Waals surface area (Å²) in [4.78, 5) is 29.2. The molecule has 0 unspecified atom stereocenters. The van der Waals surface area contributed by atoms with Crippen LogP contribution in [0.1, 0.15) is 14.8 Å². The molecule has 0 saturated carbocycles. The second kappa shape index (κ2) is 8.30. The Balaban J connectivity index is 1.73. The van der Waals surface area contributed by atoms with Crippen LogP contribution in [0.25, 0.3) is 10.2 Å². The molecule has 3 heterocycles. The summed E-state index contributed by atoms with van der Waals surface area (Å²) in [6.07, 6.45) is 5.34. The van der Waals surface area contributed by atoms with Gasteiger partial charge in [-0.1, -0.05) is 0 Å². The van der Waals surface area contributed by atoms with Crippen LogP contribution < -0.4 is 10.7 Å². The van der Waals surface area contributed by atoms with Crippen molar-refractivity contribution < 1.29 is 4.79 Å². The molecule has 3 aromatic rings. The minimum atomic E-state index is 0.0539. The van der Waals surface area contributed by atoms with E-state index in [2.05, 4.69) is 30.8 Å². The third kappa shape index (κ3) is 4.40. The highest BCUT2D eigenvalue weighted by atomic mass is 32.1. The second-order valence-electron chi connectivity index (χ2n) is 5.68. The van der Waals surface area contributed by atoms with Gasteiger partial charge in [-0.25, -0.2) is 15.0 Å². The van der Waals surface area contributed by atoms with E-state index in [4.69, 9.17) is 0 Å². The number of thiophene rings is 1. The Morgan fingerprint density at radius 1 is 1.27 bits per heavy atom. The lowest BCUT2D eigenvalue weighted by Gasteiger charge is -2.08. The number of thiazole rings is 1. The van der Waals surface area contributed by atoms with Crippen molar-refractivity contribution in [3.63, 3.8) is 0 Å². The lowest BCUT2D eigenvalue weighted by molar-refractivity contribution is -0.127. The number of nitrogens with zero attached hydrogens (tertiary/aromatic N) is 5. The number of likely N-dealkylation sites (N-methyl/N-ethyl adjacent to an activating group) is 1. The number of nitrogens with one attached hydrogen (secondary N) is 2. The average Bonchev–Trinajstić information content (AvgIpc) is 3.22. The van der Waals surface area contributed by atoms with Gasteiger partial charge >= 0.3 is 0 Å². The van der Waals surface area contributed by atoms with Gasteiger partial charge in [-0.2, -0.15) is 5.10 Å². The van der Waals surface area contributed by atoms with Gasteiger partial charge < -0.3 is 10.2 Å². The van der Waals surface area contributed by atoms with E-state index in [0.29, 0.717) is 12.2 Å². The fourth-order valence-corrected chi connectivity index (χ4v) is 3.96. The first kappa shape index (κ1) is 18.4. The van der Waals surface area contributed by atoms with E-state index >= 15 is 0 Å². The molecule has 8 nitrogen and oxygen atoms in total. The lowest BCUT2D eigenvalue weighted by atomic mass is 10.3. The van der Waals surface area contributed by atoms with Gasteiger partial charge in [-0.3, -0.25) is 10.2 Å². The standard InChI is InChI=1S/C16H19N7OS2/c1-17-6-11-7-18-13(25-11)8-21-22-15-12-4-10(5-14(24)23(2)3)26-16(12)20-9-19-15/h4,7-9,17H,5-6H2,1-3H3,(H,19,20,22). The molecule has 0 spiro atoms. The van der Waals surface area contributed by atoms with Gasteiger partial charge in [0.15, 0.2) is 5.82 Å². The fraction of sp³-hybridized carbons (Fsp3) is 0.312. The van der Waals surface area contributed by atoms with Crippen molar-refractivity contribution in [3.8, 4) is 0 Å². The minimum absolute atomic E-state index is 0.0539. The maximum Gasteiger partial charge on any atom is 0.227 e. The molecule has 0 fully saturated rings. The van der Waals surface area contributed by atoms with Crippen molar-refractivity contribution in [2.24, 2.45) is 5.10 Å². The summed E-state index contributed by atoms with van der Waals surface area (Å²) < 4.78 is 0. The molecular formula is C16H19N7OS2. The Bertz CT molecular complexity index is 932. The summed E-state index contributed by atoms with van der Waals surface area (Å²) in [7, 11) is 5.39. The van der Waals surface area contributed by atoms with Crippen LogP contribution in [0.5, 0.6) is 0 Å². The third-order valence-corrected chi connectivity index (χ3v) is 5.45. The number of hydrazone groups is 1. The predicted octanol–water partition coefficient (Wildman–Crippen LogP) is 1.94. The molecule has 0 radical (unpaired) electrons. The number of carbonyl (C=O) groups excluding carboxylic acids is 1. The Morgan fingerprint density at radius 2 is 2.12 bits per heavy atom. The number of hydrogen-bond donors (Lipinski definition) is 2. The zero-order chi connectivity index (χ0) is 18.5. The van der Waals surface area contributed by atoms with Gasteiger partial charge in [0.1, 0.15) is 16.2 Å². The number of rotatable bonds is 7. The molecule has 0 aromatic carbocycles. The molecule has 3 aromatic heterocycles. The molecule has 0 aliphatic carbocycles. The largest absolute Gasteiger partial charge is 0.349 e. The second-order valence-corrected chi connectivity index (χ2v) is 7.95. The van der Waals surface area contributed by atoms with Crippen molar-refractivity contribution in [3.05, 3.63) is 33.4 Å². The van der Waals surface area contributed by atoms with Crippen molar-refractivity contribution in [1.29, 1.82) is 0 Å². The highest BCUT2D eigenvalue weighted by Crippen LogP contribution is 2.28. The molecule has 3 rings (SSSR count). The number of aromatic nitrogens is 3. The molecule has 2 N–H and O–H groups in total. The molecule has 0 bridgehead atoms. The highest BCUT2D eigenvalue weighted by Gasteiger charge is 2.12. The number of carbonyl (C=O) groups is 1. The van der Waals surface area contributed by atoms with E-state index in [9.17, 15) is 4.79 Å². The normalized spacial score (nSPS) is 11.3. The lowest BCUT2D eigenvalue weighted by Crippen LogP contribution is -2.23. The first-order valence-corrected chi connectivity index (χ1v) is 9.52. The topological polar surface area (TPSA) is 95.4 Å². The molecule has 1 amide bonds. The van der Waals surface area contributed by atoms with Crippen LogP contribution in [0.3, 0.4) is 0 Å². The number of hydrogen-bond acceptors (Lipinski definition) is 9. The first-order valence-electron chi connectivity index (χ1n) is 7.88. The van der Waals surface area contributed by atoms with Crippen molar-refractivity contribution >= 4 is 50.8 Å².